The van der Waals surface area contributed by atoms with Gasteiger partial charge in [-0.25, -0.2) is 4.98 Å². The first-order valence-electron chi connectivity index (χ1n) is 21.7. The molecule has 4 heteroatoms. The number of nitrogens with zero attached hydrogens (tertiary/aromatic N) is 4. The number of anilines is 3. The van der Waals surface area contributed by atoms with E-state index in [2.05, 4.69) is 216 Å². The van der Waals surface area contributed by atoms with Gasteiger partial charge in [-0.15, -0.1) is 0 Å². The average Bonchev–Trinajstić information content (AvgIpc) is 3.74. The summed E-state index contributed by atoms with van der Waals surface area (Å²) in [5.74, 6) is 0.865. The van der Waals surface area contributed by atoms with Gasteiger partial charge in [0.05, 0.1) is 22.9 Å². The maximum Gasteiger partial charge on any atom is 0.137 e. The summed E-state index contributed by atoms with van der Waals surface area (Å²) in [4.78, 5) is 12.4. The number of fused-ring (bicyclic) bond motifs is 11. The summed E-state index contributed by atoms with van der Waals surface area (Å²) in [6, 6.07) is 68.7. The Hall–Kier alpha value is -8.08. The Morgan fingerprint density at radius 1 is 0.429 bits per heavy atom. The summed E-state index contributed by atoms with van der Waals surface area (Å²) < 4.78 is 2.34. The zero-order chi connectivity index (χ0) is 41.8. The molecule has 0 bridgehead atoms. The highest BCUT2D eigenvalue weighted by atomic mass is 15.2. The zero-order valence-corrected chi connectivity index (χ0v) is 34.9. The van der Waals surface area contributed by atoms with Crippen LogP contribution in [0.3, 0.4) is 0 Å². The average molecular weight is 805 g/mol. The van der Waals surface area contributed by atoms with Gasteiger partial charge in [0, 0.05) is 45.5 Å². The molecule has 0 atom stereocenters. The number of pyridine rings is 2. The van der Waals surface area contributed by atoms with Crippen LogP contribution in [0.15, 0.2) is 207 Å². The third kappa shape index (κ3) is 5.28. The normalized spacial score (nSPS) is 13.0. The Labute approximate surface area is 366 Å². The molecule has 0 saturated heterocycles. The molecule has 0 radical (unpaired) electrons. The second-order valence-electron chi connectivity index (χ2n) is 17.4. The number of benzene rings is 8. The van der Waals surface area contributed by atoms with Gasteiger partial charge in [-0.2, -0.15) is 0 Å². The highest BCUT2D eigenvalue weighted by Gasteiger charge is 2.36. The van der Waals surface area contributed by atoms with E-state index in [1.807, 2.05) is 18.6 Å². The molecule has 3 heterocycles. The van der Waals surface area contributed by atoms with Crippen LogP contribution in [0.5, 0.6) is 0 Å². The van der Waals surface area contributed by atoms with E-state index in [1.54, 1.807) is 0 Å². The fraction of sp³-hybridized carbons (Fsp3) is 0.0508. The van der Waals surface area contributed by atoms with Crippen molar-refractivity contribution < 1.29 is 0 Å². The summed E-state index contributed by atoms with van der Waals surface area (Å²) >= 11 is 0. The molecule has 13 rings (SSSR count). The van der Waals surface area contributed by atoms with Crippen LogP contribution in [0.2, 0.25) is 0 Å². The summed E-state index contributed by atoms with van der Waals surface area (Å²) in [5, 5.41) is 4.87. The lowest BCUT2D eigenvalue weighted by molar-refractivity contribution is 0.660. The minimum atomic E-state index is -0.131. The summed E-state index contributed by atoms with van der Waals surface area (Å²) in [6.07, 6.45) is 5.98. The number of aromatic nitrogens is 3. The van der Waals surface area contributed by atoms with Crippen LogP contribution in [-0.4, -0.2) is 14.5 Å². The van der Waals surface area contributed by atoms with Crippen molar-refractivity contribution in [1.29, 1.82) is 0 Å². The Balaban J connectivity index is 0.987. The molecule has 4 nitrogen and oxygen atoms in total. The number of rotatable bonds is 5. The lowest BCUT2D eigenvalue weighted by Crippen LogP contribution is -2.16. The summed E-state index contributed by atoms with van der Waals surface area (Å²) in [7, 11) is 0. The Bertz CT molecular complexity index is 3630. The number of para-hydroxylation sites is 1. The Morgan fingerprint density at radius 3 is 1.94 bits per heavy atom. The third-order valence-corrected chi connectivity index (χ3v) is 13.7. The molecule has 11 aromatic rings. The van der Waals surface area contributed by atoms with Crippen LogP contribution in [0.4, 0.5) is 17.1 Å². The molecule has 2 aliphatic carbocycles. The zero-order valence-electron chi connectivity index (χ0n) is 34.9. The molecule has 2 aliphatic rings. The molecule has 0 amide bonds. The minimum absolute atomic E-state index is 0.131. The molecule has 8 aromatic carbocycles. The Kier molecular flexibility index (Phi) is 7.62. The predicted molar refractivity (Wildman–Crippen MR) is 261 cm³/mol. The topological polar surface area (TPSA) is 34.0 Å². The first-order valence-corrected chi connectivity index (χ1v) is 21.7. The monoisotopic (exact) mass is 804 g/mol. The van der Waals surface area contributed by atoms with Gasteiger partial charge in [-0.1, -0.05) is 141 Å². The molecular formula is C59H40N4. The van der Waals surface area contributed by atoms with E-state index in [-0.39, 0.29) is 5.41 Å². The first kappa shape index (κ1) is 35.7. The van der Waals surface area contributed by atoms with Crippen molar-refractivity contribution in [3.8, 4) is 61.5 Å². The van der Waals surface area contributed by atoms with Crippen molar-refractivity contribution in [3.05, 3.63) is 218 Å². The van der Waals surface area contributed by atoms with Crippen LogP contribution in [0.1, 0.15) is 25.0 Å². The molecule has 296 valence electrons. The first-order chi connectivity index (χ1) is 31.0. The van der Waals surface area contributed by atoms with E-state index in [1.165, 1.54) is 82.7 Å². The van der Waals surface area contributed by atoms with Crippen molar-refractivity contribution in [2.45, 2.75) is 19.3 Å². The van der Waals surface area contributed by atoms with Crippen LogP contribution in [-0.2, 0) is 5.41 Å². The van der Waals surface area contributed by atoms with E-state index in [0.717, 1.165) is 39.5 Å². The van der Waals surface area contributed by atoms with Crippen LogP contribution < -0.4 is 4.90 Å². The van der Waals surface area contributed by atoms with Gasteiger partial charge in [0.25, 0.3) is 0 Å². The highest BCUT2D eigenvalue weighted by molar-refractivity contribution is 6.18. The molecule has 0 aliphatic heterocycles. The molecule has 0 fully saturated rings. The summed E-state index contributed by atoms with van der Waals surface area (Å²) in [5.41, 5.74) is 20.2. The highest BCUT2D eigenvalue weighted by Crippen LogP contribution is 2.52. The largest absolute Gasteiger partial charge is 0.309 e. The van der Waals surface area contributed by atoms with E-state index in [0.29, 0.717) is 0 Å². The number of hydrogen-bond donors (Lipinski definition) is 0. The van der Waals surface area contributed by atoms with Crippen molar-refractivity contribution in [1.82, 2.24) is 14.5 Å². The van der Waals surface area contributed by atoms with Crippen molar-refractivity contribution >= 4 is 49.6 Å². The van der Waals surface area contributed by atoms with E-state index in [4.69, 9.17) is 4.98 Å². The third-order valence-electron chi connectivity index (χ3n) is 13.7. The number of hydrogen-bond acceptors (Lipinski definition) is 3. The summed E-state index contributed by atoms with van der Waals surface area (Å²) in [6.45, 7) is 4.69. The molecule has 0 spiro atoms. The SMILES string of the molecule is CC1(C)c2ccccc2-c2ccc(N(c3ccc(-c4ccccc4)cc3)c3ccc(-n4c5ccccc5c5cc6c(cc54)-c4cccc5cccc(c45)-c4ccncc4-6)nc3)cc21. The van der Waals surface area contributed by atoms with Crippen molar-refractivity contribution in [2.75, 3.05) is 4.90 Å². The van der Waals surface area contributed by atoms with Gasteiger partial charge in [-0.3, -0.25) is 9.55 Å². The molecule has 63 heavy (non-hydrogen) atoms. The lowest BCUT2D eigenvalue weighted by atomic mass is 9.82. The quantitative estimate of drug-likeness (QED) is 0.174. The molecule has 3 aromatic heterocycles. The van der Waals surface area contributed by atoms with E-state index < -0.39 is 0 Å². The van der Waals surface area contributed by atoms with Crippen LogP contribution in [0.25, 0.3) is 94.0 Å². The van der Waals surface area contributed by atoms with Gasteiger partial charge in [0.1, 0.15) is 5.82 Å². The van der Waals surface area contributed by atoms with Crippen LogP contribution in [0, 0.1) is 0 Å². The molecule has 0 unspecified atom stereocenters. The Morgan fingerprint density at radius 2 is 1.11 bits per heavy atom. The fourth-order valence-electron chi connectivity index (χ4n) is 10.7. The molecule has 0 N–H and O–H groups in total. The van der Waals surface area contributed by atoms with Gasteiger partial charge in [0.15, 0.2) is 0 Å². The second kappa shape index (κ2) is 13.5. The standard InChI is InChI=1S/C59H40N4/c1-59(2)53-20-8-6-16-44(53)45-28-26-41(32-54(45)59)62(40-24-22-38(23-25-40)37-12-4-3-5-13-37)42-27-29-57(61-35-42)63-55-21-9-7-17-46(55)51-33-49-50(34-56(51)63)48-19-11-15-39-14-10-18-47(58(39)48)43-30-31-60-36-52(43)49/h3-36H,1-2H3. The maximum atomic E-state index is 5.34. The van der Waals surface area contributed by atoms with Gasteiger partial charge in [-0.05, 0) is 133 Å². The smallest absolute Gasteiger partial charge is 0.137 e. The maximum absolute atomic E-state index is 5.34. The second-order valence-corrected chi connectivity index (χ2v) is 17.4. The lowest BCUT2D eigenvalue weighted by Gasteiger charge is -2.28. The fourth-order valence-corrected chi connectivity index (χ4v) is 10.7. The minimum Gasteiger partial charge on any atom is -0.309 e. The van der Waals surface area contributed by atoms with Gasteiger partial charge >= 0.3 is 0 Å². The molecule has 0 saturated carbocycles. The van der Waals surface area contributed by atoms with Gasteiger partial charge in [0.2, 0.25) is 0 Å². The van der Waals surface area contributed by atoms with E-state index >= 15 is 0 Å². The van der Waals surface area contributed by atoms with Crippen molar-refractivity contribution in [3.63, 3.8) is 0 Å². The van der Waals surface area contributed by atoms with Gasteiger partial charge < -0.3 is 4.90 Å². The predicted octanol–water partition coefficient (Wildman–Crippen LogP) is 15.5. The van der Waals surface area contributed by atoms with Crippen molar-refractivity contribution in [2.24, 2.45) is 0 Å². The molecular weight excluding hydrogens is 765 g/mol. The van der Waals surface area contributed by atoms with E-state index in [9.17, 15) is 0 Å². The van der Waals surface area contributed by atoms with Crippen LogP contribution >= 0.6 is 0 Å².